The lowest BCUT2D eigenvalue weighted by Crippen LogP contribution is -2.09. The molecular formula is C9H13N3O3S. The molecule has 0 saturated heterocycles. The number of hydrogen-bond donors (Lipinski definition) is 2. The van der Waals surface area contributed by atoms with Gasteiger partial charge in [-0.3, -0.25) is 16.0 Å². The first-order chi connectivity index (χ1) is 7.70. The van der Waals surface area contributed by atoms with Crippen LogP contribution in [0.5, 0.6) is 0 Å². The Labute approximate surface area is 97.3 Å². The molecular weight excluding hydrogens is 230 g/mol. The summed E-state index contributed by atoms with van der Waals surface area (Å²) in [6, 6.07) is 4.98. The molecule has 3 N–H and O–H groups in total. The average Bonchev–Trinajstić information content (AvgIpc) is 2.28. The Hall–Kier alpha value is -1.31. The molecule has 0 spiro atoms. The molecule has 0 aliphatic rings. The smallest absolute Gasteiger partial charge is 0.307 e. The maximum atomic E-state index is 10.9. The zero-order valence-corrected chi connectivity index (χ0v) is 9.62. The lowest BCUT2D eigenvalue weighted by Gasteiger charge is -2.06. The van der Waals surface area contributed by atoms with Crippen LogP contribution >= 0.6 is 11.8 Å². The van der Waals surface area contributed by atoms with Gasteiger partial charge in [0.2, 0.25) is 0 Å². The minimum atomic E-state index is -0.440. The number of methoxy groups -OCH3 is 1. The third kappa shape index (κ3) is 3.09. The van der Waals surface area contributed by atoms with Crippen LogP contribution in [-0.2, 0) is 4.74 Å². The van der Waals surface area contributed by atoms with Crippen LogP contribution in [0, 0.1) is 10.1 Å². The van der Waals surface area contributed by atoms with Crippen molar-refractivity contribution in [2.75, 3.05) is 24.9 Å². The van der Waals surface area contributed by atoms with Crippen molar-refractivity contribution in [3.63, 3.8) is 0 Å². The number of rotatable bonds is 6. The van der Waals surface area contributed by atoms with Crippen LogP contribution in [0.4, 0.5) is 11.4 Å². The van der Waals surface area contributed by atoms with Crippen LogP contribution < -0.4 is 11.3 Å². The molecule has 0 saturated carbocycles. The summed E-state index contributed by atoms with van der Waals surface area (Å²) >= 11 is 1.37. The van der Waals surface area contributed by atoms with E-state index in [2.05, 4.69) is 5.43 Å². The van der Waals surface area contributed by atoms with Gasteiger partial charge in [-0.2, -0.15) is 0 Å². The number of ether oxygens (including phenoxy) is 1. The third-order valence-electron chi connectivity index (χ3n) is 1.88. The third-order valence-corrected chi connectivity index (χ3v) is 2.89. The van der Waals surface area contributed by atoms with Gasteiger partial charge in [-0.05, 0) is 12.1 Å². The molecule has 16 heavy (non-hydrogen) atoms. The number of benzene rings is 1. The Bertz CT molecular complexity index is 373. The molecule has 0 bridgehead atoms. The SMILES string of the molecule is COCCSc1cccc(NN)c1[N+](=O)[O-]. The number of thioether (sulfide) groups is 1. The molecule has 1 aromatic carbocycles. The van der Waals surface area contributed by atoms with Gasteiger partial charge in [0.05, 0.1) is 16.4 Å². The highest BCUT2D eigenvalue weighted by Gasteiger charge is 2.18. The molecule has 7 heteroatoms. The number of nitrogens with zero attached hydrogens (tertiary/aromatic N) is 1. The monoisotopic (exact) mass is 243 g/mol. The van der Waals surface area contributed by atoms with E-state index in [1.54, 1.807) is 25.3 Å². The Morgan fingerprint density at radius 3 is 2.94 bits per heavy atom. The number of hydrogen-bond acceptors (Lipinski definition) is 6. The van der Waals surface area contributed by atoms with E-state index in [-0.39, 0.29) is 5.69 Å². The molecule has 6 nitrogen and oxygen atoms in total. The topological polar surface area (TPSA) is 90.4 Å². The van der Waals surface area contributed by atoms with Crippen LogP contribution in [-0.4, -0.2) is 24.4 Å². The minimum absolute atomic E-state index is 0.00565. The van der Waals surface area contributed by atoms with Gasteiger partial charge < -0.3 is 10.2 Å². The number of nitrogens with one attached hydrogen (secondary N) is 1. The van der Waals surface area contributed by atoms with E-state index in [0.29, 0.717) is 22.9 Å². The second-order valence-corrected chi connectivity index (χ2v) is 4.03. The summed E-state index contributed by atoms with van der Waals surface area (Å²) < 4.78 is 4.89. The van der Waals surface area contributed by atoms with Crippen LogP contribution in [0.15, 0.2) is 23.1 Å². The number of anilines is 1. The van der Waals surface area contributed by atoms with Gasteiger partial charge in [-0.1, -0.05) is 6.07 Å². The van der Waals surface area contributed by atoms with Crippen molar-refractivity contribution < 1.29 is 9.66 Å². The van der Waals surface area contributed by atoms with Crippen LogP contribution in [0.25, 0.3) is 0 Å². The van der Waals surface area contributed by atoms with Crippen molar-refractivity contribution in [3.8, 4) is 0 Å². The van der Waals surface area contributed by atoms with E-state index >= 15 is 0 Å². The standard InChI is InChI=1S/C9H13N3O3S/c1-15-5-6-16-8-4-2-3-7(11-10)9(8)12(13)14/h2-4,11H,5-6,10H2,1H3. The lowest BCUT2D eigenvalue weighted by molar-refractivity contribution is -0.386. The number of nitro groups is 1. The van der Waals surface area contributed by atoms with Crippen LogP contribution in [0.2, 0.25) is 0 Å². The second kappa shape index (κ2) is 6.31. The molecule has 0 radical (unpaired) electrons. The normalized spacial score (nSPS) is 10.1. The van der Waals surface area contributed by atoms with Crippen molar-refractivity contribution in [1.29, 1.82) is 0 Å². The van der Waals surface area contributed by atoms with Crippen molar-refractivity contribution in [1.82, 2.24) is 0 Å². The van der Waals surface area contributed by atoms with E-state index in [0.717, 1.165) is 0 Å². The number of nitrogen functional groups attached to an aromatic ring is 1. The molecule has 88 valence electrons. The number of para-hydroxylation sites is 1. The summed E-state index contributed by atoms with van der Waals surface area (Å²) in [5, 5.41) is 10.9. The zero-order valence-electron chi connectivity index (χ0n) is 8.80. The van der Waals surface area contributed by atoms with Crippen molar-refractivity contribution >= 4 is 23.1 Å². The molecule has 0 aliphatic heterocycles. The quantitative estimate of drug-likeness (QED) is 0.259. The van der Waals surface area contributed by atoms with E-state index in [4.69, 9.17) is 10.6 Å². The first-order valence-electron chi connectivity index (χ1n) is 4.56. The average molecular weight is 243 g/mol. The molecule has 0 aromatic heterocycles. The van der Waals surface area contributed by atoms with E-state index in [1.807, 2.05) is 0 Å². The molecule has 1 rings (SSSR count). The predicted octanol–water partition coefficient (Wildman–Crippen LogP) is 1.62. The fraction of sp³-hybridized carbons (Fsp3) is 0.333. The van der Waals surface area contributed by atoms with Gasteiger partial charge in [0.25, 0.3) is 0 Å². The van der Waals surface area contributed by atoms with Gasteiger partial charge in [0, 0.05) is 12.9 Å². The van der Waals surface area contributed by atoms with Crippen LogP contribution in [0.1, 0.15) is 0 Å². The second-order valence-electron chi connectivity index (χ2n) is 2.90. The van der Waals surface area contributed by atoms with Crippen molar-refractivity contribution in [2.45, 2.75) is 4.90 Å². The molecule has 0 atom stereocenters. The summed E-state index contributed by atoms with van der Waals surface area (Å²) in [6.07, 6.45) is 0. The van der Waals surface area contributed by atoms with Gasteiger partial charge >= 0.3 is 5.69 Å². The highest BCUT2D eigenvalue weighted by molar-refractivity contribution is 7.99. The van der Waals surface area contributed by atoms with Crippen molar-refractivity contribution in [3.05, 3.63) is 28.3 Å². The Morgan fingerprint density at radius 2 is 2.38 bits per heavy atom. The van der Waals surface area contributed by atoms with Gasteiger partial charge in [-0.15, -0.1) is 11.8 Å². The summed E-state index contributed by atoms with van der Waals surface area (Å²) in [7, 11) is 1.59. The first-order valence-corrected chi connectivity index (χ1v) is 5.55. The molecule has 0 heterocycles. The fourth-order valence-electron chi connectivity index (χ4n) is 1.18. The fourth-order valence-corrected chi connectivity index (χ4v) is 2.14. The Morgan fingerprint density at radius 1 is 1.62 bits per heavy atom. The molecule has 0 aliphatic carbocycles. The van der Waals surface area contributed by atoms with Crippen LogP contribution in [0.3, 0.4) is 0 Å². The maximum Gasteiger partial charge on any atom is 0.307 e. The van der Waals surface area contributed by atoms with E-state index in [9.17, 15) is 10.1 Å². The minimum Gasteiger partial charge on any atom is -0.384 e. The largest absolute Gasteiger partial charge is 0.384 e. The van der Waals surface area contributed by atoms with Gasteiger partial charge in [0.15, 0.2) is 0 Å². The first kappa shape index (κ1) is 12.8. The highest BCUT2D eigenvalue weighted by atomic mass is 32.2. The molecule has 1 aromatic rings. The number of nitrogens with two attached hydrogens (primary N) is 1. The summed E-state index contributed by atoms with van der Waals surface area (Å²) in [4.78, 5) is 11.0. The van der Waals surface area contributed by atoms with E-state index in [1.165, 1.54) is 11.8 Å². The van der Waals surface area contributed by atoms with Gasteiger partial charge in [-0.25, -0.2) is 0 Å². The Balaban J connectivity index is 2.93. The summed E-state index contributed by atoms with van der Waals surface area (Å²) in [6.45, 7) is 0.544. The van der Waals surface area contributed by atoms with Gasteiger partial charge in [0.1, 0.15) is 5.69 Å². The molecule has 0 amide bonds. The predicted molar refractivity (Wildman–Crippen MR) is 63.5 cm³/mol. The zero-order chi connectivity index (χ0) is 12.0. The molecule has 0 unspecified atom stereocenters. The maximum absolute atomic E-state index is 10.9. The lowest BCUT2D eigenvalue weighted by atomic mass is 10.3. The number of hydrazine groups is 1. The summed E-state index contributed by atoms with van der Waals surface area (Å²) in [5.74, 6) is 5.88. The number of nitro benzene ring substituents is 1. The van der Waals surface area contributed by atoms with Crippen molar-refractivity contribution in [2.24, 2.45) is 5.84 Å². The molecule has 0 fully saturated rings. The highest BCUT2D eigenvalue weighted by Crippen LogP contribution is 2.34. The Kier molecular flexibility index (Phi) is 5.03. The summed E-state index contributed by atoms with van der Waals surface area (Å²) in [5.41, 5.74) is 2.64. The van der Waals surface area contributed by atoms with E-state index < -0.39 is 4.92 Å².